The molecule has 5 fully saturated rings. The SMILES string of the molecule is O=C1NC[C@H]2CCCC[C@@H]2N1C1CC[N+]2(CC1)CC21CCC(CCCOCC(F)F)CC1. The smallest absolute Gasteiger partial charge is 0.317 e. The quantitative estimate of drug-likeness (QED) is 0.348. The summed E-state index contributed by atoms with van der Waals surface area (Å²) in [5, 5.41) is 3.19. The number of fused-ring (bicyclic) bond motifs is 2. The number of carbonyl (C=O) groups excluding carboxylic acids is 1. The van der Waals surface area contributed by atoms with Gasteiger partial charge in [-0.3, -0.25) is 0 Å². The van der Waals surface area contributed by atoms with E-state index in [1.165, 1.54) is 88.3 Å². The Morgan fingerprint density at radius 3 is 2.59 bits per heavy atom. The summed E-state index contributed by atoms with van der Waals surface area (Å²) in [5.74, 6) is 1.41. The zero-order chi connectivity index (χ0) is 22.2. The molecule has 3 saturated heterocycles. The van der Waals surface area contributed by atoms with Crippen LogP contribution in [-0.4, -0.2) is 78.9 Å². The molecule has 2 saturated carbocycles. The van der Waals surface area contributed by atoms with E-state index >= 15 is 0 Å². The predicted molar refractivity (Wildman–Crippen MR) is 120 cm³/mol. The molecule has 2 amide bonds. The molecule has 3 aliphatic heterocycles. The van der Waals surface area contributed by atoms with Gasteiger partial charge in [-0.05, 0) is 50.4 Å². The number of piperidine rings is 1. The second-order valence-corrected chi connectivity index (χ2v) is 11.5. The topological polar surface area (TPSA) is 41.6 Å². The van der Waals surface area contributed by atoms with Gasteiger partial charge in [-0.25, -0.2) is 13.6 Å². The third kappa shape index (κ3) is 4.40. The molecule has 0 aromatic heterocycles. The highest BCUT2D eigenvalue weighted by atomic mass is 19.3. The molecule has 182 valence electrons. The fourth-order valence-electron chi connectivity index (χ4n) is 7.96. The molecule has 0 bridgehead atoms. The van der Waals surface area contributed by atoms with Gasteiger partial charge in [0, 0.05) is 50.9 Å². The van der Waals surface area contributed by atoms with E-state index in [9.17, 15) is 13.6 Å². The van der Waals surface area contributed by atoms with Gasteiger partial charge in [0.1, 0.15) is 18.7 Å². The van der Waals surface area contributed by atoms with Crippen molar-refractivity contribution in [3.8, 4) is 0 Å². The van der Waals surface area contributed by atoms with E-state index in [0.717, 1.165) is 25.3 Å². The third-order valence-electron chi connectivity index (χ3n) is 9.83. The molecule has 0 aromatic rings. The van der Waals surface area contributed by atoms with Crippen LogP contribution in [0.3, 0.4) is 0 Å². The van der Waals surface area contributed by atoms with Crippen LogP contribution in [0.5, 0.6) is 0 Å². The van der Waals surface area contributed by atoms with Crippen LogP contribution < -0.4 is 5.32 Å². The van der Waals surface area contributed by atoms with Crippen LogP contribution in [0.25, 0.3) is 0 Å². The van der Waals surface area contributed by atoms with Crippen molar-refractivity contribution in [3.63, 3.8) is 0 Å². The summed E-state index contributed by atoms with van der Waals surface area (Å²) in [4.78, 5) is 15.1. The molecule has 2 aliphatic carbocycles. The normalized spacial score (nSPS) is 41.7. The molecule has 2 atom stereocenters. The van der Waals surface area contributed by atoms with Gasteiger partial charge in [0.15, 0.2) is 0 Å². The summed E-state index contributed by atoms with van der Waals surface area (Å²) in [7, 11) is 0. The summed E-state index contributed by atoms with van der Waals surface area (Å²) >= 11 is 0. The highest BCUT2D eigenvalue weighted by molar-refractivity contribution is 5.76. The fraction of sp³-hybridized carbons (Fsp3) is 0.960. The lowest BCUT2D eigenvalue weighted by Crippen LogP contribution is -2.63. The fourth-order valence-corrected chi connectivity index (χ4v) is 7.96. The average molecular weight is 455 g/mol. The zero-order valence-corrected chi connectivity index (χ0v) is 19.6. The summed E-state index contributed by atoms with van der Waals surface area (Å²) in [6, 6.07) is 1.12. The van der Waals surface area contributed by atoms with E-state index in [0.29, 0.717) is 30.1 Å². The molecule has 1 N–H and O–H groups in total. The summed E-state index contributed by atoms with van der Waals surface area (Å²) < 4.78 is 30.7. The number of hydrogen-bond donors (Lipinski definition) is 1. The van der Waals surface area contributed by atoms with Crippen LogP contribution >= 0.6 is 0 Å². The lowest BCUT2D eigenvalue weighted by molar-refractivity contribution is -0.837. The van der Waals surface area contributed by atoms with E-state index in [1.54, 1.807) is 0 Å². The number of amides is 2. The Kier molecular flexibility index (Phi) is 6.68. The lowest BCUT2D eigenvalue weighted by Gasteiger charge is -2.49. The van der Waals surface area contributed by atoms with E-state index in [4.69, 9.17) is 4.74 Å². The molecule has 0 aromatic carbocycles. The van der Waals surface area contributed by atoms with Crippen molar-refractivity contribution in [2.24, 2.45) is 11.8 Å². The molecule has 3 heterocycles. The lowest BCUT2D eigenvalue weighted by atomic mass is 9.78. The number of carbonyl (C=O) groups is 1. The number of alkyl halides is 2. The van der Waals surface area contributed by atoms with Gasteiger partial charge >= 0.3 is 6.03 Å². The van der Waals surface area contributed by atoms with E-state index < -0.39 is 13.0 Å². The van der Waals surface area contributed by atoms with Crippen molar-refractivity contribution in [1.29, 1.82) is 0 Å². The van der Waals surface area contributed by atoms with Gasteiger partial charge < -0.3 is 19.4 Å². The summed E-state index contributed by atoms with van der Waals surface area (Å²) in [6.45, 7) is 4.78. The monoisotopic (exact) mass is 454 g/mol. The maximum absolute atomic E-state index is 12.8. The van der Waals surface area contributed by atoms with Gasteiger partial charge in [-0.1, -0.05) is 12.8 Å². The largest absolute Gasteiger partial charge is 0.376 e. The summed E-state index contributed by atoms with van der Waals surface area (Å²) in [5.41, 5.74) is 0.519. The minimum absolute atomic E-state index is 0.199. The Morgan fingerprint density at radius 1 is 1.09 bits per heavy atom. The van der Waals surface area contributed by atoms with E-state index in [-0.39, 0.29) is 6.03 Å². The molecule has 5 rings (SSSR count). The minimum atomic E-state index is -2.35. The first kappa shape index (κ1) is 22.8. The highest BCUT2D eigenvalue weighted by Gasteiger charge is 2.69. The number of hydrogen-bond acceptors (Lipinski definition) is 2. The number of nitrogens with zero attached hydrogens (tertiary/aromatic N) is 2. The van der Waals surface area contributed by atoms with Crippen molar-refractivity contribution >= 4 is 6.03 Å². The predicted octanol–water partition coefficient (Wildman–Crippen LogP) is 4.55. The molecule has 7 heteroatoms. The highest BCUT2D eigenvalue weighted by Crippen LogP contribution is 2.55. The van der Waals surface area contributed by atoms with Gasteiger partial charge in [0.2, 0.25) is 0 Å². The Morgan fingerprint density at radius 2 is 1.84 bits per heavy atom. The van der Waals surface area contributed by atoms with Gasteiger partial charge in [-0.15, -0.1) is 0 Å². The van der Waals surface area contributed by atoms with Crippen molar-refractivity contribution in [1.82, 2.24) is 10.2 Å². The van der Waals surface area contributed by atoms with Crippen LogP contribution in [0.4, 0.5) is 13.6 Å². The second-order valence-electron chi connectivity index (χ2n) is 11.5. The van der Waals surface area contributed by atoms with Gasteiger partial charge in [0.25, 0.3) is 6.43 Å². The van der Waals surface area contributed by atoms with Crippen LogP contribution in [-0.2, 0) is 4.74 Å². The standard InChI is InChI=1S/C25H41F2N3O2/c26-23(27)17-32-15-3-4-19-7-11-25(12-8-19)18-30(25)13-9-21(10-14-30)29-22-6-2-1-5-20(22)16-28-24(29)31/h19-23H,1-18H2/p+1/t19?,20-,21?,22+,25?,30?/m1/s1. The Labute approximate surface area is 191 Å². The van der Waals surface area contributed by atoms with Crippen molar-refractivity contribution in [3.05, 3.63) is 0 Å². The maximum atomic E-state index is 12.8. The van der Waals surface area contributed by atoms with Gasteiger partial charge in [0.05, 0.1) is 13.1 Å². The van der Waals surface area contributed by atoms with Crippen molar-refractivity contribution < 1.29 is 22.8 Å². The first-order chi connectivity index (χ1) is 15.5. The van der Waals surface area contributed by atoms with Crippen LogP contribution in [0.1, 0.15) is 77.0 Å². The van der Waals surface area contributed by atoms with Crippen molar-refractivity contribution in [2.75, 3.05) is 39.4 Å². The number of halogens is 2. The Balaban J connectivity index is 1.08. The van der Waals surface area contributed by atoms with Crippen molar-refractivity contribution in [2.45, 2.75) is 101 Å². The second kappa shape index (κ2) is 9.36. The molecule has 5 nitrogen and oxygen atoms in total. The minimum Gasteiger partial charge on any atom is -0.376 e. The zero-order valence-electron chi connectivity index (χ0n) is 19.6. The molecule has 2 spiro atoms. The first-order valence-electron chi connectivity index (χ1n) is 13.3. The summed E-state index contributed by atoms with van der Waals surface area (Å²) in [6.07, 6.45) is 12.3. The van der Waals surface area contributed by atoms with E-state index in [2.05, 4.69) is 10.2 Å². The number of urea groups is 1. The van der Waals surface area contributed by atoms with Crippen LogP contribution in [0.2, 0.25) is 0 Å². The first-order valence-corrected chi connectivity index (χ1v) is 13.3. The third-order valence-corrected chi connectivity index (χ3v) is 9.83. The Bertz CT molecular complexity index is 660. The Hall–Kier alpha value is -0.950. The molecular weight excluding hydrogens is 412 g/mol. The number of ether oxygens (including phenoxy) is 1. The van der Waals surface area contributed by atoms with Crippen LogP contribution in [0.15, 0.2) is 0 Å². The van der Waals surface area contributed by atoms with E-state index in [1.807, 2.05) is 0 Å². The maximum Gasteiger partial charge on any atom is 0.317 e. The number of rotatable bonds is 7. The number of nitrogens with one attached hydrogen (secondary N) is 1. The molecule has 0 radical (unpaired) electrons. The molecular formula is C25H42F2N3O2+. The molecule has 5 aliphatic rings. The molecule has 32 heavy (non-hydrogen) atoms. The average Bonchev–Trinajstić information content (AvgIpc) is 3.39. The molecule has 0 unspecified atom stereocenters. The van der Waals surface area contributed by atoms with Gasteiger partial charge in [-0.2, -0.15) is 0 Å². The van der Waals surface area contributed by atoms with Crippen LogP contribution in [0, 0.1) is 11.8 Å². The number of quaternary nitrogens is 1.